The van der Waals surface area contributed by atoms with Gasteiger partial charge in [-0.15, -0.1) is 0 Å². The van der Waals surface area contributed by atoms with Gasteiger partial charge < -0.3 is 20.1 Å². The number of guanidine groups is 1. The van der Waals surface area contributed by atoms with Crippen LogP contribution in [0.25, 0.3) is 0 Å². The Labute approximate surface area is 133 Å². The van der Waals surface area contributed by atoms with Gasteiger partial charge in [0.15, 0.2) is 5.96 Å². The Morgan fingerprint density at radius 1 is 1.27 bits per heavy atom. The van der Waals surface area contributed by atoms with Crippen molar-refractivity contribution in [2.75, 3.05) is 33.9 Å². The van der Waals surface area contributed by atoms with Crippen molar-refractivity contribution in [3.63, 3.8) is 0 Å². The number of methoxy groups -OCH3 is 1. The first kappa shape index (κ1) is 16.6. The van der Waals surface area contributed by atoms with Gasteiger partial charge in [0.2, 0.25) is 0 Å². The fourth-order valence-corrected chi connectivity index (χ4v) is 2.16. The summed E-state index contributed by atoms with van der Waals surface area (Å²) < 4.78 is 11.0. The summed E-state index contributed by atoms with van der Waals surface area (Å²) in [4.78, 5) is 4.23. The smallest absolute Gasteiger partial charge is 0.191 e. The van der Waals surface area contributed by atoms with Gasteiger partial charge in [-0.25, -0.2) is 0 Å². The summed E-state index contributed by atoms with van der Waals surface area (Å²) >= 11 is 0. The second-order valence-corrected chi connectivity index (χ2v) is 5.54. The van der Waals surface area contributed by atoms with Crippen molar-refractivity contribution < 1.29 is 9.47 Å². The van der Waals surface area contributed by atoms with Gasteiger partial charge in [0.25, 0.3) is 0 Å². The van der Waals surface area contributed by atoms with E-state index in [0.717, 1.165) is 49.4 Å². The summed E-state index contributed by atoms with van der Waals surface area (Å²) in [5.41, 5.74) is 1.11. The fourth-order valence-electron chi connectivity index (χ4n) is 2.16. The lowest BCUT2D eigenvalue weighted by Gasteiger charge is -2.13. The lowest BCUT2D eigenvalue weighted by Crippen LogP contribution is -2.37. The van der Waals surface area contributed by atoms with Crippen LogP contribution in [0.5, 0.6) is 5.75 Å². The van der Waals surface area contributed by atoms with Gasteiger partial charge in [-0.1, -0.05) is 18.2 Å². The van der Waals surface area contributed by atoms with E-state index in [-0.39, 0.29) is 0 Å². The molecule has 0 aliphatic heterocycles. The van der Waals surface area contributed by atoms with Crippen LogP contribution in [0.4, 0.5) is 0 Å². The molecule has 0 heterocycles. The zero-order valence-electron chi connectivity index (χ0n) is 13.6. The molecule has 1 aromatic rings. The topological polar surface area (TPSA) is 54.9 Å². The van der Waals surface area contributed by atoms with E-state index in [1.54, 1.807) is 14.2 Å². The Kier molecular flexibility index (Phi) is 7.03. The van der Waals surface area contributed by atoms with Gasteiger partial charge in [-0.3, -0.25) is 4.99 Å². The van der Waals surface area contributed by atoms with Crippen molar-refractivity contribution in [3.05, 3.63) is 29.8 Å². The number of nitrogens with zero attached hydrogens (tertiary/aromatic N) is 1. The first-order valence-corrected chi connectivity index (χ1v) is 7.97. The molecular formula is C17H27N3O2. The van der Waals surface area contributed by atoms with Crippen LogP contribution < -0.4 is 15.4 Å². The van der Waals surface area contributed by atoms with Crippen LogP contribution in [-0.2, 0) is 11.3 Å². The molecule has 1 aliphatic rings. The molecule has 5 heteroatoms. The molecule has 22 heavy (non-hydrogen) atoms. The molecule has 5 nitrogen and oxygen atoms in total. The summed E-state index contributed by atoms with van der Waals surface area (Å²) in [5, 5.41) is 6.60. The quantitative estimate of drug-likeness (QED) is 0.417. The molecule has 1 saturated carbocycles. The fraction of sp³-hybridized carbons (Fsp3) is 0.588. The highest BCUT2D eigenvalue weighted by atomic mass is 16.5. The lowest BCUT2D eigenvalue weighted by atomic mass is 10.2. The molecule has 0 spiro atoms. The summed E-state index contributed by atoms with van der Waals surface area (Å²) in [6.45, 7) is 3.28. The molecular weight excluding hydrogens is 278 g/mol. The molecule has 0 amide bonds. The average Bonchev–Trinajstić information content (AvgIpc) is 3.38. The highest BCUT2D eigenvalue weighted by molar-refractivity contribution is 5.79. The summed E-state index contributed by atoms with van der Waals surface area (Å²) in [6.07, 6.45) is 3.68. The van der Waals surface area contributed by atoms with Crippen molar-refractivity contribution in [3.8, 4) is 5.75 Å². The second-order valence-electron chi connectivity index (χ2n) is 5.54. The van der Waals surface area contributed by atoms with Gasteiger partial charge in [-0.05, 0) is 31.2 Å². The van der Waals surface area contributed by atoms with Crippen molar-refractivity contribution >= 4 is 5.96 Å². The zero-order valence-corrected chi connectivity index (χ0v) is 13.6. The predicted octanol–water partition coefficient (Wildman–Crippen LogP) is 2.18. The minimum absolute atomic E-state index is 0.682. The summed E-state index contributed by atoms with van der Waals surface area (Å²) in [6, 6.07) is 7.99. The van der Waals surface area contributed by atoms with Crippen LogP contribution in [-0.4, -0.2) is 39.9 Å². The SMILES string of the molecule is CN=C(NCCCOCC1CC1)NCc1ccccc1OC. The Bertz CT molecular complexity index is 473. The Hall–Kier alpha value is -1.75. The van der Waals surface area contributed by atoms with Crippen LogP contribution in [0.1, 0.15) is 24.8 Å². The zero-order chi connectivity index (χ0) is 15.6. The summed E-state index contributed by atoms with van der Waals surface area (Å²) in [7, 11) is 3.47. The average molecular weight is 305 g/mol. The van der Waals surface area contributed by atoms with Crippen molar-refractivity contribution in [2.45, 2.75) is 25.8 Å². The highest BCUT2D eigenvalue weighted by Crippen LogP contribution is 2.28. The van der Waals surface area contributed by atoms with Crippen LogP contribution in [0.15, 0.2) is 29.3 Å². The first-order valence-electron chi connectivity index (χ1n) is 7.97. The number of nitrogens with one attached hydrogen (secondary N) is 2. The number of para-hydroxylation sites is 1. The third kappa shape index (κ3) is 5.93. The van der Waals surface area contributed by atoms with Gasteiger partial charge in [0, 0.05) is 38.9 Å². The van der Waals surface area contributed by atoms with Crippen LogP contribution in [0, 0.1) is 5.92 Å². The number of aliphatic imine (C=N–C) groups is 1. The third-order valence-corrected chi connectivity index (χ3v) is 3.67. The molecule has 0 saturated heterocycles. The Morgan fingerprint density at radius 3 is 2.82 bits per heavy atom. The maximum absolute atomic E-state index is 5.62. The molecule has 1 aromatic carbocycles. The largest absolute Gasteiger partial charge is 0.496 e. The van der Waals surface area contributed by atoms with Gasteiger partial charge in [-0.2, -0.15) is 0 Å². The molecule has 1 aliphatic carbocycles. The molecule has 0 bridgehead atoms. The van der Waals surface area contributed by atoms with E-state index in [0.29, 0.717) is 6.54 Å². The normalized spacial score (nSPS) is 14.7. The van der Waals surface area contributed by atoms with E-state index in [2.05, 4.69) is 15.6 Å². The monoisotopic (exact) mass is 305 g/mol. The van der Waals surface area contributed by atoms with E-state index in [4.69, 9.17) is 9.47 Å². The van der Waals surface area contributed by atoms with Crippen LogP contribution >= 0.6 is 0 Å². The lowest BCUT2D eigenvalue weighted by molar-refractivity contribution is 0.123. The maximum Gasteiger partial charge on any atom is 0.191 e. The molecule has 0 aromatic heterocycles. The molecule has 2 N–H and O–H groups in total. The third-order valence-electron chi connectivity index (χ3n) is 3.67. The molecule has 0 atom stereocenters. The molecule has 0 unspecified atom stereocenters. The van der Waals surface area contributed by atoms with Crippen LogP contribution in [0.2, 0.25) is 0 Å². The maximum atomic E-state index is 5.62. The first-order chi connectivity index (χ1) is 10.8. The van der Waals surface area contributed by atoms with Gasteiger partial charge in [0.05, 0.1) is 7.11 Å². The minimum Gasteiger partial charge on any atom is -0.496 e. The Balaban J connectivity index is 1.61. The molecule has 122 valence electrons. The van der Waals surface area contributed by atoms with Crippen molar-refractivity contribution in [1.29, 1.82) is 0 Å². The standard InChI is InChI=1S/C17H27N3O2/c1-18-17(19-10-5-11-22-13-14-8-9-14)20-12-15-6-3-4-7-16(15)21-2/h3-4,6-7,14H,5,8-13H2,1-2H3,(H2,18,19,20). The number of hydrogen-bond acceptors (Lipinski definition) is 3. The van der Waals surface area contributed by atoms with Crippen molar-refractivity contribution in [1.82, 2.24) is 10.6 Å². The molecule has 1 fully saturated rings. The predicted molar refractivity (Wildman–Crippen MR) is 89.4 cm³/mol. The summed E-state index contributed by atoms with van der Waals surface area (Å²) in [5.74, 6) is 2.52. The second kappa shape index (κ2) is 9.30. The van der Waals surface area contributed by atoms with E-state index < -0.39 is 0 Å². The molecule has 2 rings (SSSR count). The van der Waals surface area contributed by atoms with Gasteiger partial charge in [0.1, 0.15) is 5.75 Å². The van der Waals surface area contributed by atoms with Gasteiger partial charge >= 0.3 is 0 Å². The number of rotatable bonds is 9. The van der Waals surface area contributed by atoms with E-state index in [1.165, 1.54) is 12.8 Å². The van der Waals surface area contributed by atoms with Crippen LogP contribution in [0.3, 0.4) is 0 Å². The van der Waals surface area contributed by atoms with E-state index in [9.17, 15) is 0 Å². The molecule has 0 radical (unpaired) electrons. The Morgan fingerprint density at radius 2 is 2.09 bits per heavy atom. The minimum atomic E-state index is 0.682. The van der Waals surface area contributed by atoms with E-state index >= 15 is 0 Å². The number of benzene rings is 1. The number of ether oxygens (including phenoxy) is 2. The van der Waals surface area contributed by atoms with E-state index in [1.807, 2.05) is 24.3 Å². The number of hydrogen-bond donors (Lipinski definition) is 2. The highest BCUT2D eigenvalue weighted by Gasteiger charge is 2.20. The van der Waals surface area contributed by atoms with Crippen molar-refractivity contribution in [2.24, 2.45) is 10.9 Å².